The zero-order valence-electron chi connectivity index (χ0n) is 15.2. The fraction of sp³-hybridized carbons (Fsp3) is 0.588. The molecule has 1 saturated heterocycles. The van der Waals surface area contributed by atoms with E-state index in [0.29, 0.717) is 31.1 Å². The van der Waals surface area contributed by atoms with Gasteiger partial charge in [0.15, 0.2) is 0 Å². The molecule has 27 heavy (non-hydrogen) atoms. The van der Waals surface area contributed by atoms with Crippen LogP contribution in [-0.4, -0.2) is 71.8 Å². The Morgan fingerprint density at radius 1 is 1.11 bits per heavy atom. The standard InChI is InChI=1S/C17H24N4O6/c1-12(19-8-2-3-9-20-13(22)4-5-14(20)23)10-18-11-17(26)27-21-15(24)6-7-16(21)25/h4-5,12,18-19H,2-3,6-11H2,1H3. The van der Waals surface area contributed by atoms with Crippen LogP contribution in [0.25, 0.3) is 0 Å². The number of hydrogen-bond donors (Lipinski definition) is 2. The van der Waals surface area contributed by atoms with Crippen LogP contribution >= 0.6 is 0 Å². The van der Waals surface area contributed by atoms with E-state index in [1.54, 1.807) is 0 Å². The Morgan fingerprint density at radius 3 is 2.37 bits per heavy atom. The van der Waals surface area contributed by atoms with E-state index in [1.807, 2.05) is 6.92 Å². The third kappa shape index (κ3) is 6.26. The van der Waals surface area contributed by atoms with Gasteiger partial charge in [0.25, 0.3) is 23.6 Å². The number of hydroxylamine groups is 2. The molecule has 0 saturated carbocycles. The molecule has 148 valence electrons. The van der Waals surface area contributed by atoms with E-state index in [9.17, 15) is 24.0 Å². The highest BCUT2D eigenvalue weighted by atomic mass is 16.7. The molecule has 2 rings (SSSR count). The van der Waals surface area contributed by atoms with E-state index in [4.69, 9.17) is 4.84 Å². The molecule has 1 fully saturated rings. The summed E-state index contributed by atoms with van der Waals surface area (Å²) in [6.07, 6.45) is 4.18. The van der Waals surface area contributed by atoms with E-state index in [0.717, 1.165) is 6.42 Å². The summed E-state index contributed by atoms with van der Waals surface area (Å²) in [5, 5.41) is 6.67. The third-order valence-electron chi connectivity index (χ3n) is 4.12. The molecule has 0 aromatic carbocycles. The fourth-order valence-corrected chi connectivity index (χ4v) is 2.65. The molecule has 0 bridgehead atoms. The van der Waals surface area contributed by atoms with Gasteiger partial charge in [-0.15, -0.1) is 5.06 Å². The minimum absolute atomic E-state index is 0.0666. The van der Waals surface area contributed by atoms with Crippen molar-refractivity contribution in [2.24, 2.45) is 0 Å². The summed E-state index contributed by atoms with van der Waals surface area (Å²) in [7, 11) is 0. The topological polar surface area (TPSA) is 125 Å². The Hall–Kier alpha value is -2.59. The lowest BCUT2D eigenvalue weighted by molar-refractivity contribution is -0.196. The lowest BCUT2D eigenvalue weighted by Gasteiger charge is -2.17. The smallest absolute Gasteiger partial charge is 0.329 e. The summed E-state index contributed by atoms with van der Waals surface area (Å²) in [5.74, 6) is -2.24. The molecule has 4 amide bonds. The minimum atomic E-state index is -0.695. The van der Waals surface area contributed by atoms with E-state index in [1.165, 1.54) is 17.1 Å². The Balaban J connectivity index is 1.49. The number of nitrogens with one attached hydrogen (secondary N) is 2. The van der Waals surface area contributed by atoms with Crippen molar-refractivity contribution >= 4 is 29.6 Å². The zero-order chi connectivity index (χ0) is 19.8. The van der Waals surface area contributed by atoms with Crippen LogP contribution in [0.1, 0.15) is 32.6 Å². The van der Waals surface area contributed by atoms with Crippen molar-refractivity contribution in [2.45, 2.75) is 38.6 Å². The van der Waals surface area contributed by atoms with Gasteiger partial charge in [-0.05, 0) is 26.3 Å². The maximum absolute atomic E-state index is 11.6. The van der Waals surface area contributed by atoms with E-state index in [2.05, 4.69) is 10.6 Å². The van der Waals surface area contributed by atoms with Gasteiger partial charge >= 0.3 is 5.97 Å². The number of rotatable bonds is 11. The SMILES string of the molecule is CC(CNCC(=O)ON1C(=O)CCC1=O)NCCCCN1C(=O)C=CC1=O. The van der Waals surface area contributed by atoms with Gasteiger partial charge < -0.3 is 15.5 Å². The first-order chi connectivity index (χ1) is 12.9. The average molecular weight is 380 g/mol. The van der Waals surface area contributed by atoms with Gasteiger partial charge in [-0.25, -0.2) is 4.79 Å². The monoisotopic (exact) mass is 380 g/mol. The summed E-state index contributed by atoms with van der Waals surface area (Å²) in [5.41, 5.74) is 0. The first kappa shape index (κ1) is 20.7. The van der Waals surface area contributed by atoms with E-state index < -0.39 is 17.8 Å². The Labute approximate surface area is 156 Å². The number of unbranched alkanes of at least 4 members (excludes halogenated alkanes) is 1. The molecule has 10 heteroatoms. The number of amides is 4. The molecular formula is C17H24N4O6. The van der Waals surface area contributed by atoms with Crippen molar-refractivity contribution in [3.63, 3.8) is 0 Å². The van der Waals surface area contributed by atoms with Crippen LogP contribution in [0.4, 0.5) is 0 Å². The summed E-state index contributed by atoms with van der Waals surface area (Å²) >= 11 is 0. The first-order valence-corrected chi connectivity index (χ1v) is 8.92. The van der Waals surface area contributed by atoms with Crippen molar-refractivity contribution in [3.8, 4) is 0 Å². The second-order valence-electron chi connectivity index (χ2n) is 6.40. The quantitative estimate of drug-likeness (QED) is 0.341. The number of carbonyl (C=O) groups is 5. The molecule has 1 unspecified atom stereocenters. The van der Waals surface area contributed by atoms with Gasteiger partial charge in [-0.3, -0.25) is 24.1 Å². The molecule has 0 aromatic rings. The number of carbonyl (C=O) groups excluding carboxylic acids is 5. The molecule has 2 aliphatic heterocycles. The molecule has 0 spiro atoms. The minimum Gasteiger partial charge on any atom is -0.329 e. The van der Waals surface area contributed by atoms with Crippen molar-refractivity contribution in [1.82, 2.24) is 20.6 Å². The van der Waals surface area contributed by atoms with Gasteiger partial charge in [-0.1, -0.05) is 0 Å². The highest BCUT2D eigenvalue weighted by Crippen LogP contribution is 2.11. The molecule has 2 aliphatic rings. The Bertz CT molecular complexity index is 613. The Kier molecular flexibility index (Phi) is 7.62. The number of imide groups is 2. The van der Waals surface area contributed by atoms with Crippen LogP contribution in [0.3, 0.4) is 0 Å². The third-order valence-corrected chi connectivity index (χ3v) is 4.12. The van der Waals surface area contributed by atoms with Gasteiger partial charge in [-0.2, -0.15) is 0 Å². The van der Waals surface area contributed by atoms with Crippen molar-refractivity contribution < 1.29 is 28.8 Å². The maximum atomic E-state index is 11.6. The van der Waals surface area contributed by atoms with E-state index in [-0.39, 0.29) is 37.2 Å². The van der Waals surface area contributed by atoms with Gasteiger partial charge in [0.05, 0.1) is 6.54 Å². The molecule has 2 heterocycles. The summed E-state index contributed by atoms with van der Waals surface area (Å²) < 4.78 is 0. The van der Waals surface area contributed by atoms with Crippen LogP contribution in [0, 0.1) is 0 Å². The van der Waals surface area contributed by atoms with Crippen LogP contribution in [0.2, 0.25) is 0 Å². The largest absolute Gasteiger partial charge is 0.346 e. The molecule has 1 atom stereocenters. The van der Waals surface area contributed by atoms with Crippen molar-refractivity contribution in [3.05, 3.63) is 12.2 Å². The first-order valence-electron chi connectivity index (χ1n) is 8.92. The second kappa shape index (κ2) is 9.93. The molecule has 0 aliphatic carbocycles. The number of nitrogens with zero attached hydrogens (tertiary/aromatic N) is 2. The van der Waals surface area contributed by atoms with Gasteiger partial charge in [0.2, 0.25) is 0 Å². The molecule has 2 N–H and O–H groups in total. The molecule has 0 aromatic heterocycles. The lowest BCUT2D eigenvalue weighted by Crippen LogP contribution is -2.41. The van der Waals surface area contributed by atoms with Gasteiger partial charge in [0, 0.05) is 44.1 Å². The second-order valence-corrected chi connectivity index (χ2v) is 6.40. The highest BCUT2D eigenvalue weighted by Gasteiger charge is 2.32. The fourth-order valence-electron chi connectivity index (χ4n) is 2.65. The predicted octanol–water partition coefficient (Wildman–Crippen LogP) is -1.13. The highest BCUT2D eigenvalue weighted by molar-refractivity contribution is 6.12. The zero-order valence-corrected chi connectivity index (χ0v) is 15.2. The summed E-state index contributed by atoms with van der Waals surface area (Å²) in [6, 6.07) is 0.0737. The van der Waals surface area contributed by atoms with E-state index >= 15 is 0 Å². The average Bonchev–Trinajstić information content (AvgIpc) is 3.11. The van der Waals surface area contributed by atoms with Crippen molar-refractivity contribution in [2.75, 3.05) is 26.2 Å². The van der Waals surface area contributed by atoms with Crippen LogP contribution in [0.15, 0.2) is 12.2 Å². The van der Waals surface area contributed by atoms with Crippen LogP contribution in [-0.2, 0) is 28.8 Å². The maximum Gasteiger partial charge on any atom is 0.346 e. The Morgan fingerprint density at radius 2 is 1.74 bits per heavy atom. The molecule has 0 radical (unpaired) electrons. The predicted molar refractivity (Wildman–Crippen MR) is 92.6 cm³/mol. The van der Waals surface area contributed by atoms with Crippen LogP contribution < -0.4 is 10.6 Å². The van der Waals surface area contributed by atoms with Crippen molar-refractivity contribution in [1.29, 1.82) is 0 Å². The van der Waals surface area contributed by atoms with Crippen LogP contribution in [0.5, 0.6) is 0 Å². The van der Waals surface area contributed by atoms with Gasteiger partial charge in [0.1, 0.15) is 0 Å². The lowest BCUT2D eigenvalue weighted by atomic mass is 10.2. The molecular weight excluding hydrogens is 356 g/mol. The normalized spacial score (nSPS) is 18.0. The summed E-state index contributed by atoms with van der Waals surface area (Å²) in [6.45, 7) is 3.41. The summed E-state index contributed by atoms with van der Waals surface area (Å²) in [4.78, 5) is 63.1. The molecule has 10 nitrogen and oxygen atoms in total. The number of hydrogen-bond acceptors (Lipinski definition) is 8.